The third kappa shape index (κ3) is 7.38. The Labute approximate surface area is 292 Å². The van der Waals surface area contributed by atoms with E-state index in [2.05, 4.69) is 42.5 Å². The van der Waals surface area contributed by atoms with E-state index in [9.17, 15) is 19.2 Å². The molecule has 2 aromatic heterocycles. The molecule has 50 heavy (non-hydrogen) atoms. The average molecular weight is 686 g/mol. The largest absolute Gasteiger partial charge is 0.496 e. The van der Waals surface area contributed by atoms with Crippen LogP contribution in [-0.2, 0) is 23.2 Å². The maximum Gasteiger partial charge on any atom is 0.270 e. The van der Waals surface area contributed by atoms with E-state index in [4.69, 9.17) is 9.47 Å². The molecule has 266 valence electrons. The summed E-state index contributed by atoms with van der Waals surface area (Å²) in [6, 6.07) is 7.48. The minimum absolute atomic E-state index is 0.00721. The highest BCUT2D eigenvalue weighted by Gasteiger charge is 2.30. The summed E-state index contributed by atoms with van der Waals surface area (Å²) in [5.74, 6) is 0.328. The number of carbonyl (C=O) groups is 3. The van der Waals surface area contributed by atoms with Crippen molar-refractivity contribution in [2.75, 3.05) is 58.4 Å². The van der Waals surface area contributed by atoms with E-state index < -0.39 is 17.9 Å². The SMILES string of the molecule is COc1cc(-c2cn(C)c(=O)c(C)c2C)cc(OC)c1CN1CCC(N2CCN(c3ccc(C(=O)NC4CCC(=O)NC4=O)nc3)CC2)CC1. The van der Waals surface area contributed by atoms with E-state index in [0.717, 1.165) is 104 Å². The van der Waals surface area contributed by atoms with Gasteiger partial charge in [-0.25, -0.2) is 4.98 Å². The first-order chi connectivity index (χ1) is 24.1. The van der Waals surface area contributed by atoms with Gasteiger partial charge in [0.05, 0.1) is 31.7 Å². The number of likely N-dealkylation sites (tertiary alicyclic amines) is 1. The number of hydrogen-bond donors (Lipinski definition) is 2. The number of pyridine rings is 2. The zero-order valence-corrected chi connectivity index (χ0v) is 29.6. The highest BCUT2D eigenvalue weighted by molar-refractivity contribution is 6.03. The zero-order chi connectivity index (χ0) is 35.5. The number of imide groups is 1. The van der Waals surface area contributed by atoms with Crippen molar-refractivity contribution >= 4 is 23.4 Å². The molecule has 13 nitrogen and oxygen atoms in total. The van der Waals surface area contributed by atoms with Crippen molar-refractivity contribution in [3.63, 3.8) is 0 Å². The van der Waals surface area contributed by atoms with Gasteiger partial charge in [-0.3, -0.25) is 34.3 Å². The van der Waals surface area contributed by atoms with Crippen molar-refractivity contribution in [2.45, 2.75) is 58.2 Å². The van der Waals surface area contributed by atoms with Crippen LogP contribution in [0.5, 0.6) is 11.5 Å². The molecule has 0 aliphatic carbocycles. The topological polar surface area (TPSA) is 138 Å². The predicted octanol–water partition coefficient (Wildman–Crippen LogP) is 2.40. The molecule has 5 heterocycles. The first-order valence-electron chi connectivity index (χ1n) is 17.3. The number of piperidine rings is 2. The number of nitrogens with one attached hydrogen (secondary N) is 2. The first-order valence-corrected chi connectivity index (χ1v) is 17.3. The van der Waals surface area contributed by atoms with Gasteiger partial charge >= 0.3 is 0 Å². The predicted molar refractivity (Wildman–Crippen MR) is 190 cm³/mol. The lowest BCUT2D eigenvalue weighted by atomic mass is 9.96. The zero-order valence-electron chi connectivity index (χ0n) is 29.6. The number of methoxy groups -OCH3 is 2. The standard InChI is InChI=1S/C37H47N7O6/c1-23-24(2)37(48)41(3)21-28(23)25-18-32(49-4)29(33(19-25)50-5)22-42-12-10-26(11-13-42)43-14-16-44(17-15-43)27-6-7-30(38-20-27)35(46)39-31-8-9-34(45)40-36(31)47/h6-7,18-21,26,31H,8-17,22H2,1-5H3,(H,39,46)(H,40,45,47). The minimum Gasteiger partial charge on any atom is -0.496 e. The van der Waals surface area contributed by atoms with Crippen molar-refractivity contribution < 1.29 is 23.9 Å². The van der Waals surface area contributed by atoms with Gasteiger partial charge in [-0.1, -0.05) is 0 Å². The second kappa shape index (κ2) is 15.0. The molecule has 3 aromatic rings. The molecule has 0 spiro atoms. The summed E-state index contributed by atoms with van der Waals surface area (Å²) >= 11 is 0. The smallest absolute Gasteiger partial charge is 0.270 e. The van der Waals surface area contributed by atoms with Crippen LogP contribution in [0.1, 0.15) is 52.9 Å². The van der Waals surface area contributed by atoms with Gasteiger partial charge in [-0.15, -0.1) is 0 Å². The lowest BCUT2D eigenvalue weighted by Gasteiger charge is -2.43. The summed E-state index contributed by atoms with van der Waals surface area (Å²) in [6.07, 6.45) is 6.25. The van der Waals surface area contributed by atoms with Crippen LogP contribution in [0.2, 0.25) is 0 Å². The van der Waals surface area contributed by atoms with Crippen LogP contribution < -0.4 is 30.6 Å². The second-order valence-electron chi connectivity index (χ2n) is 13.5. The number of anilines is 1. The Morgan fingerprint density at radius 3 is 2.22 bits per heavy atom. The Hall–Kier alpha value is -4.75. The maximum absolute atomic E-state index is 12.7. The third-order valence-electron chi connectivity index (χ3n) is 10.5. The van der Waals surface area contributed by atoms with Crippen molar-refractivity contribution in [2.24, 2.45) is 7.05 Å². The molecule has 2 N–H and O–H groups in total. The number of ether oxygens (including phenoxy) is 2. The van der Waals surface area contributed by atoms with Crippen molar-refractivity contribution in [1.29, 1.82) is 0 Å². The van der Waals surface area contributed by atoms with Crippen LogP contribution in [0.25, 0.3) is 11.1 Å². The number of carbonyl (C=O) groups excluding carboxylic acids is 3. The fourth-order valence-electron chi connectivity index (χ4n) is 7.34. The Morgan fingerprint density at radius 1 is 0.940 bits per heavy atom. The van der Waals surface area contributed by atoms with Gasteiger partial charge in [0.15, 0.2) is 0 Å². The van der Waals surface area contributed by atoms with Gasteiger partial charge in [0.25, 0.3) is 11.5 Å². The van der Waals surface area contributed by atoms with Crippen molar-refractivity contribution in [3.05, 3.63) is 69.4 Å². The molecule has 3 fully saturated rings. The average Bonchev–Trinajstić information content (AvgIpc) is 3.14. The Morgan fingerprint density at radius 2 is 1.62 bits per heavy atom. The molecule has 6 rings (SSSR count). The monoisotopic (exact) mass is 685 g/mol. The third-order valence-corrected chi connectivity index (χ3v) is 10.5. The van der Waals surface area contributed by atoms with Crippen molar-refractivity contribution in [1.82, 2.24) is 30.0 Å². The highest BCUT2D eigenvalue weighted by Crippen LogP contribution is 2.37. The van der Waals surface area contributed by atoms with Gasteiger partial charge < -0.3 is 24.3 Å². The number of benzene rings is 1. The van der Waals surface area contributed by atoms with Gasteiger partial charge in [-0.2, -0.15) is 0 Å². The van der Waals surface area contributed by atoms with Crippen LogP contribution in [0, 0.1) is 13.8 Å². The lowest BCUT2D eigenvalue weighted by Crippen LogP contribution is -2.53. The molecule has 1 aromatic carbocycles. The molecule has 3 amide bonds. The van der Waals surface area contributed by atoms with Crippen LogP contribution >= 0.6 is 0 Å². The summed E-state index contributed by atoms with van der Waals surface area (Å²) in [6.45, 7) is 10.2. The van der Waals surface area contributed by atoms with Gasteiger partial charge in [0.1, 0.15) is 23.2 Å². The van der Waals surface area contributed by atoms with E-state index in [1.807, 2.05) is 26.1 Å². The summed E-state index contributed by atoms with van der Waals surface area (Å²) in [5, 5.41) is 4.93. The fourth-order valence-corrected chi connectivity index (χ4v) is 7.34. The Kier molecular flexibility index (Phi) is 10.5. The van der Waals surface area contributed by atoms with Gasteiger partial charge in [0.2, 0.25) is 11.8 Å². The Bertz CT molecular complexity index is 1780. The van der Waals surface area contributed by atoms with E-state index in [0.29, 0.717) is 6.04 Å². The molecular formula is C37H47N7O6. The molecule has 3 aliphatic rings. The molecule has 0 radical (unpaired) electrons. The number of rotatable bonds is 9. The normalized spacial score (nSPS) is 19.3. The highest BCUT2D eigenvalue weighted by atomic mass is 16.5. The van der Waals surface area contributed by atoms with Gasteiger partial charge in [0, 0.05) is 69.6 Å². The first kappa shape index (κ1) is 35.1. The molecule has 1 atom stereocenters. The van der Waals surface area contributed by atoms with E-state index >= 15 is 0 Å². The van der Waals surface area contributed by atoms with E-state index in [1.165, 1.54) is 0 Å². The number of hydrogen-bond acceptors (Lipinski definition) is 10. The van der Waals surface area contributed by atoms with E-state index in [1.54, 1.807) is 38.1 Å². The van der Waals surface area contributed by atoms with Crippen LogP contribution in [0.3, 0.4) is 0 Å². The van der Waals surface area contributed by atoms with Crippen LogP contribution in [-0.4, -0.2) is 103 Å². The lowest BCUT2D eigenvalue weighted by molar-refractivity contribution is -0.134. The fraction of sp³-hybridized carbons (Fsp3) is 0.486. The molecule has 0 saturated carbocycles. The molecule has 13 heteroatoms. The van der Waals surface area contributed by atoms with Crippen LogP contribution in [0.4, 0.5) is 5.69 Å². The molecule has 1 unspecified atom stereocenters. The summed E-state index contributed by atoms with van der Waals surface area (Å²) in [4.78, 5) is 60.2. The molecular weight excluding hydrogens is 638 g/mol. The maximum atomic E-state index is 12.7. The molecule has 3 saturated heterocycles. The van der Waals surface area contributed by atoms with E-state index in [-0.39, 0.29) is 30.0 Å². The quantitative estimate of drug-likeness (QED) is 0.323. The number of amides is 3. The summed E-state index contributed by atoms with van der Waals surface area (Å²) < 4.78 is 13.4. The summed E-state index contributed by atoms with van der Waals surface area (Å²) in [7, 11) is 5.16. The van der Waals surface area contributed by atoms with Gasteiger partial charge in [-0.05, 0) is 81.6 Å². The second-order valence-corrected chi connectivity index (χ2v) is 13.5. The number of aryl methyl sites for hydroxylation is 1. The Balaban J connectivity index is 1.01. The number of piperazine rings is 1. The van der Waals surface area contributed by atoms with Crippen molar-refractivity contribution in [3.8, 4) is 22.6 Å². The number of aromatic nitrogens is 2. The minimum atomic E-state index is -0.729. The van der Waals surface area contributed by atoms with Crippen LogP contribution in [0.15, 0.2) is 41.5 Å². The molecule has 3 aliphatic heterocycles. The molecule has 0 bridgehead atoms. The number of nitrogens with zero attached hydrogens (tertiary/aromatic N) is 5. The summed E-state index contributed by atoms with van der Waals surface area (Å²) in [5.41, 5.74) is 5.87.